The molecular formula is C17H23FN2O4S. The standard InChI is InChI=1S/C17H23FN2O4S/c1-17(2,3)24-16(21)19-10-13-7-8-14(11-19)20(13)25(22,23)15-6-4-5-12(18)9-15/h4-6,9,13-14H,7-8,10-11H2,1-3H3. The first-order valence-electron chi connectivity index (χ1n) is 8.35. The number of sulfonamides is 1. The largest absolute Gasteiger partial charge is 0.444 e. The van der Waals surface area contributed by atoms with Gasteiger partial charge in [-0.05, 0) is 51.8 Å². The minimum Gasteiger partial charge on any atom is -0.444 e. The van der Waals surface area contributed by atoms with Crippen molar-refractivity contribution in [3.8, 4) is 0 Å². The molecule has 1 aromatic carbocycles. The van der Waals surface area contributed by atoms with Crippen LogP contribution in [0.15, 0.2) is 29.2 Å². The van der Waals surface area contributed by atoms with Crippen LogP contribution in [0.3, 0.4) is 0 Å². The number of ether oxygens (including phenoxy) is 1. The normalized spacial score (nSPS) is 24.4. The molecular weight excluding hydrogens is 347 g/mol. The quantitative estimate of drug-likeness (QED) is 0.803. The van der Waals surface area contributed by atoms with Gasteiger partial charge in [0.05, 0.1) is 4.90 Å². The van der Waals surface area contributed by atoms with Crippen LogP contribution in [-0.4, -0.2) is 54.5 Å². The number of nitrogens with zero attached hydrogens (tertiary/aromatic N) is 2. The fraction of sp³-hybridized carbons (Fsp3) is 0.588. The molecule has 1 amide bonds. The summed E-state index contributed by atoms with van der Waals surface area (Å²) in [5.41, 5.74) is -0.596. The average Bonchev–Trinajstić information content (AvgIpc) is 2.77. The lowest BCUT2D eigenvalue weighted by Gasteiger charge is -2.40. The van der Waals surface area contributed by atoms with Gasteiger partial charge in [-0.3, -0.25) is 0 Å². The van der Waals surface area contributed by atoms with E-state index in [1.54, 1.807) is 25.7 Å². The third-order valence-corrected chi connectivity index (χ3v) is 6.44. The Bertz CT molecular complexity index is 761. The molecule has 2 unspecified atom stereocenters. The van der Waals surface area contributed by atoms with Gasteiger partial charge >= 0.3 is 6.09 Å². The highest BCUT2D eigenvalue weighted by Gasteiger charge is 2.48. The molecule has 0 aromatic heterocycles. The summed E-state index contributed by atoms with van der Waals surface area (Å²) in [6.45, 7) is 5.97. The van der Waals surface area contributed by atoms with Gasteiger partial charge in [-0.2, -0.15) is 4.31 Å². The molecule has 2 saturated heterocycles. The van der Waals surface area contributed by atoms with Gasteiger partial charge in [0, 0.05) is 25.2 Å². The third kappa shape index (κ3) is 3.64. The van der Waals surface area contributed by atoms with Crippen LogP contribution in [0.1, 0.15) is 33.6 Å². The maximum atomic E-state index is 13.4. The molecule has 2 atom stereocenters. The summed E-state index contributed by atoms with van der Waals surface area (Å²) >= 11 is 0. The number of piperazine rings is 1. The minimum atomic E-state index is -3.79. The molecule has 3 rings (SSSR count). The van der Waals surface area contributed by atoms with E-state index in [4.69, 9.17) is 4.74 Å². The van der Waals surface area contributed by atoms with Crippen LogP contribution in [-0.2, 0) is 14.8 Å². The Morgan fingerprint density at radius 2 is 1.80 bits per heavy atom. The highest BCUT2D eigenvalue weighted by Crippen LogP contribution is 2.35. The Balaban J connectivity index is 1.80. The Labute approximate surface area is 147 Å². The van der Waals surface area contributed by atoms with Crippen LogP contribution in [0.25, 0.3) is 0 Å². The molecule has 2 bridgehead atoms. The molecule has 0 N–H and O–H groups in total. The molecule has 2 fully saturated rings. The summed E-state index contributed by atoms with van der Waals surface area (Å²) in [6.07, 6.45) is 0.934. The smallest absolute Gasteiger partial charge is 0.410 e. The number of hydrogen-bond donors (Lipinski definition) is 0. The van der Waals surface area contributed by atoms with Gasteiger partial charge in [0.15, 0.2) is 0 Å². The van der Waals surface area contributed by atoms with E-state index in [1.165, 1.54) is 22.5 Å². The van der Waals surface area contributed by atoms with E-state index in [1.807, 2.05) is 0 Å². The maximum absolute atomic E-state index is 13.4. The predicted molar refractivity (Wildman–Crippen MR) is 90.0 cm³/mol. The van der Waals surface area contributed by atoms with Crippen molar-refractivity contribution in [1.29, 1.82) is 0 Å². The maximum Gasteiger partial charge on any atom is 0.410 e. The van der Waals surface area contributed by atoms with Crippen molar-refractivity contribution in [3.63, 3.8) is 0 Å². The summed E-state index contributed by atoms with van der Waals surface area (Å²) in [4.78, 5) is 13.8. The predicted octanol–water partition coefficient (Wildman–Crippen LogP) is 2.60. The van der Waals surface area contributed by atoms with E-state index in [2.05, 4.69) is 0 Å². The van der Waals surface area contributed by atoms with Crippen molar-refractivity contribution in [1.82, 2.24) is 9.21 Å². The molecule has 25 heavy (non-hydrogen) atoms. The summed E-state index contributed by atoms with van der Waals surface area (Å²) in [6, 6.07) is 4.43. The van der Waals surface area contributed by atoms with Crippen molar-refractivity contribution in [2.75, 3.05) is 13.1 Å². The molecule has 2 aliphatic heterocycles. The topological polar surface area (TPSA) is 66.9 Å². The summed E-state index contributed by atoms with van der Waals surface area (Å²) in [7, 11) is -3.79. The number of hydrogen-bond acceptors (Lipinski definition) is 4. The van der Waals surface area contributed by atoms with Crippen LogP contribution < -0.4 is 0 Å². The molecule has 8 heteroatoms. The number of rotatable bonds is 2. The first-order chi connectivity index (χ1) is 11.6. The first kappa shape index (κ1) is 18.1. The average molecular weight is 370 g/mol. The van der Waals surface area contributed by atoms with Crippen LogP contribution >= 0.6 is 0 Å². The van der Waals surface area contributed by atoms with Gasteiger partial charge in [0.1, 0.15) is 11.4 Å². The fourth-order valence-electron chi connectivity index (χ4n) is 3.48. The monoisotopic (exact) mass is 370 g/mol. The van der Waals surface area contributed by atoms with Gasteiger partial charge in [-0.25, -0.2) is 17.6 Å². The van der Waals surface area contributed by atoms with Gasteiger partial charge in [0.25, 0.3) is 0 Å². The fourth-order valence-corrected chi connectivity index (χ4v) is 5.37. The molecule has 0 saturated carbocycles. The van der Waals surface area contributed by atoms with E-state index >= 15 is 0 Å². The summed E-state index contributed by atoms with van der Waals surface area (Å²) in [5.74, 6) is -0.583. The van der Waals surface area contributed by atoms with Crippen LogP contribution in [0.5, 0.6) is 0 Å². The number of likely N-dealkylation sites (tertiary alicyclic amines) is 1. The zero-order valence-corrected chi connectivity index (χ0v) is 15.4. The lowest BCUT2D eigenvalue weighted by molar-refractivity contribution is 0.0120. The molecule has 0 spiro atoms. The highest BCUT2D eigenvalue weighted by atomic mass is 32.2. The molecule has 138 valence electrons. The van der Waals surface area contributed by atoms with Crippen molar-refractivity contribution in [2.24, 2.45) is 0 Å². The zero-order valence-electron chi connectivity index (χ0n) is 14.6. The molecule has 2 aliphatic rings. The van der Waals surface area contributed by atoms with Gasteiger partial charge in [0.2, 0.25) is 10.0 Å². The van der Waals surface area contributed by atoms with E-state index in [0.717, 1.165) is 6.07 Å². The van der Waals surface area contributed by atoms with Crippen molar-refractivity contribution in [3.05, 3.63) is 30.1 Å². The van der Waals surface area contributed by atoms with E-state index < -0.39 is 27.5 Å². The number of carbonyl (C=O) groups is 1. The lowest BCUT2D eigenvalue weighted by atomic mass is 10.2. The van der Waals surface area contributed by atoms with Crippen molar-refractivity contribution < 1.29 is 22.3 Å². The second-order valence-corrected chi connectivity index (χ2v) is 9.41. The van der Waals surface area contributed by atoms with E-state index in [9.17, 15) is 17.6 Å². The Morgan fingerprint density at radius 3 is 2.32 bits per heavy atom. The van der Waals surface area contributed by atoms with Crippen LogP contribution in [0.4, 0.5) is 9.18 Å². The Hall–Kier alpha value is -1.67. The highest BCUT2D eigenvalue weighted by molar-refractivity contribution is 7.89. The zero-order chi connectivity index (χ0) is 18.4. The molecule has 2 heterocycles. The Morgan fingerprint density at radius 1 is 1.20 bits per heavy atom. The summed E-state index contributed by atoms with van der Waals surface area (Å²) < 4.78 is 46.1. The second-order valence-electron chi connectivity index (χ2n) is 7.56. The van der Waals surface area contributed by atoms with E-state index in [-0.39, 0.29) is 17.0 Å². The van der Waals surface area contributed by atoms with Gasteiger partial charge in [-0.15, -0.1) is 0 Å². The third-order valence-electron chi connectivity index (χ3n) is 4.44. The summed E-state index contributed by atoms with van der Waals surface area (Å²) in [5, 5.41) is 0. The molecule has 0 aliphatic carbocycles. The van der Waals surface area contributed by atoms with Crippen LogP contribution in [0.2, 0.25) is 0 Å². The lowest BCUT2D eigenvalue weighted by Crippen LogP contribution is -2.57. The van der Waals surface area contributed by atoms with E-state index in [0.29, 0.717) is 25.9 Å². The number of carbonyl (C=O) groups excluding carboxylic acids is 1. The number of amides is 1. The number of halogens is 1. The minimum absolute atomic E-state index is 0.0462. The van der Waals surface area contributed by atoms with Crippen LogP contribution in [0, 0.1) is 5.82 Å². The molecule has 6 nitrogen and oxygen atoms in total. The molecule has 1 aromatic rings. The second kappa shape index (κ2) is 6.25. The van der Waals surface area contributed by atoms with Gasteiger partial charge < -0.3 is 9.64 Å². The Kier molecular flexibility index (Phi) is 4.53. The van der Waals surface area contributed by atoms with Crippen molar-refractivity contribution in [2.45, 2.75) is 56.2 Å². The number of benzene rings is 1. The molecule has 0 radical (unpaired) electrons. The number of fused-ring (bicyclic) bond motifs is 2. The van der Waals surface area contributed by atoms with Crippen molar-refractivity contribution >= 4 is 16.1 Å². The SMILES string of the molecule is CC(C)(C)OC(=O)N1CC2CCC(C1)N2S(=O)(=O)c1cccc(F)c1. The first-order valence-corrected chi connectivity index (χ1v) is 9.79. The van der Waals surface area contributed by atoms with Gasteiger partial charge in [-0.1, -0.05) is 6.07 Å².